The van der Waals surface area contributed by atoms with E-state index in [1.54, 1.807) is 13.3 Å². The largest absolute Gasteiger partial charge is 0.497 e. The molecule has 1 saturated heterocycles. The van der Waals surface area contributed by atoms with Gasteiger partial charge in [-0.1, -0.05) is 26.0 Å². The van der Waals surface area contributed by atoms with Gasteiger partial charge in [0.25, 0.3) is 5.91 Å². The Morgan fingerprint density at radius 3 is 2.69 bits per heavy atom. The molecule has 1 aromatic carbocycles. The first-order valence-corrected chi connectivity index (χ1v) is 10.4. The number of amides is 1. The summed E-state index contributed by atoms with van der Waals surface area (Å²) in [6.45, 7) is 9.25. The van der Waals surface area contributed by atoms with Crippen LogP contribution >= 0.6 is 0 Å². The van der Waals surface area contributed by atoms with Crippen LogP contribution in [0.3, 0.4) is 0 Å². The van der Waals surface area contributed by atoms with Crippen molar-refractivity contribution in [2.24, 2.45) is 5.92 Å². The van der Waals surface area contributed by atoms with E-state index in [0.717, 1.165) is 51.4 Å². The number of rotatable bonds is 8. The smallest absolute Gasteiger partial charge is 0.257 e. The number of methoxy groups -OCH3 is 1. The molecule has 1 aromatic heterocycles. The van der Waals surface area contributed by atoms with E-state index in [1.165, 1.54) is 5.56 Å². The molecule has 2 heterocycles. The first-order chi connectivity index (χ1) is 14.1. The van der Waals surface area contributed by atoms with Gasteiger partial charge in [-0.05, 0) is 42.2 Å². The number of hydrogen-bond acceptors (Lipinski definition) is 5. The molecule has 0 saturated carbocycles. The second-order valence-electron chi connectivity index (χ2n) is 7.93. The lowest BCUT2D eigenvalue weighted by atomic mass is 10.1. The van der Waals surface area contributed by atoms with Crippen LogP contribution in [-0.4, -0.2) is 60.5 Å². The molecule has 1 N–H and O–H groups in total. The zero-order chi connectivity index (χ0) is 20.6. The van der Waals surface area contributed by atoms with Crippen LogP contribution in [0.15, 0.2) is 42.6 Å². The average Bonchev–Trinajstić information content (AvgIpc) is 2.74. The Balaban J connectivity index is 1.56. The van der Waals surface area contributed by atoms with Crippen LogP contribution in [0.25, 0.3) is 0 Å². The maximum atomic E-state index is 13.1. The summed E-state index contributed by atoms with van der Waals surface area (Å²) >= 11 is 0. The number of benzene rings is 1. The molecule has 2 aromatic rings. The zero-order valence-corrected chi connectivity index (χ0v) is 17.7. The molecule has 0 radical (unpaired) electrons. The molecule has 6 nitrogen and oxygen atoms in total. The lowest BCUT2D eigenvalue weighted by Crippen LogP contribution is -2.48. The number of pyridine rings is 1. The van der Waals surface area contributed by atoms with E-state index in [9.17, 15) is 4.79 Å². The van der Waals surface area contributed by atoms with Gasteiger partial charge >= 0.3 is 0 Å². The molecular weight excluding hydrogens is 364 g/mol. The number of hydrogen-bond donors (Lipinski definition) is 1. The van der Waals surface area contributed by atoms with Gasteiger partial charge in [0.2, 0.25) is 0 Å². The van der Waals surface area contributed by atoms with Crippen LogP contribution in [0.4, 0.5) is 5.82 Å². The number of anilines is 1. The Morgan fingerprint density at radius 2 is 1.97 bits per heavy atom. The van der Waals surface area contributed by atoms with Crippen LogP contribution in [0.1, 0.15) is 36.2 Å². The van der Waals surface area contributed by atoms with Crippen molar-refractivity contribution in [3.05, 3.63) is 53.7 Å². The van der Waals surface area contributed by atoms with Crippen molar-refractivity contribution >= 4 is 11.7 Å². The van der Waals surface area contributed by atoms with Crippen molar-refractivity contribution in [3.8, 4) is 5.75 Å². The van der Waals surface area contributed by atoms with Gasteiger partial charge in [-0.3, -0.25) is 9.69 Å². The number of ether oxygens (including phenoxy) is 1. The standard InChI is InChI=1S/C23H32N4O2/c1-18(2)9-11-25-22-21(8-5-10-24-22)23(28)27-14-12-26(13-15-27)17-19-6-4-7-20(16-19)29-3/h4-8,10,16,18H,9,11-15,17H2,1-3H3,(H,24,25). The van der Waals surface area contributed by atoms with Gasteiger partial charge in [0, 0.05) is 45.5 Å². The van der Waals surface area contributed by atoms with Crippen molar-refractivity contribution in [1.29, 1.82) is 0 Å². The lowest BCUT2D eigenvalue weighted by Gasteiger charge is -2.35. The lowest BCUT2D eigenvalue weighted by molar-refractivity contribution is 0.0629. The van der Waals surface area contributed by atoms with Crippen molar-refractivity contribution < 1.29 is 9.53 Å². The number of aromatic nitrogens is 1. The van der Waals surface area contributed by atoms with E-state index in [2.05, 4.69) is 41.2 Å². The van der Waals surface area contributed by atoms with Crippen molar-refractivity contribution in [2.75, 3.05) is 45.2 Å². The highest BCUT2D eigenvalue weighted by Gasteiger charge is 2.24. The van der Waals surface area contributed by atoms with Gasteiger partial charge in [0.15, 0.2) is 0 Å². The zero-order valence-electron chi connectivity index (χ0n) is 17.7. The molecule has 6 heteroatoms. The second kappa shape index (κ2) is 10.3. The van der Waals surface area contributed by atoms with Gasteiger partial charge in [0.1, 0.15) is 11.6 Å². The van der Waals surface area contributed by atoms with E-state index >= 15 is 0 Å². The molecule has 1 aliphatic rings. The molecule has 1 aliphatic heterocycles. The first-order valence-electron chi connectivity index (χ1n) is 10.4. The fourth-order valence-corrected chi connectivity index (χ4v) is 3.51. The molecule has 0 bridgehead atoms. The Kier molecular flexibility index (Phi) is 7.47. The first kappa shape index (κ1) is 21.1. The van der Waals surface area contributed by atoms with Crippen molar-refractivity contribution in [3.63, 3.8) is 0 Å². The van der Waals surface area contributed by atoms with Crippen LogP contribution in [-0.2, 0) is 6.54 Å². The second-order valence-corrected chi connectivity index (χ2v) is 7.93. The normalized spacial score (nSPS) is 14.8. The maximum absolute atomic E-state index is 13.1. The highest BCUT2D eigenvalue weighted by atomic mass is 16.5. The van der Waals surface area contributed by atoms with E-state index in [4.69, 9.17) is 4.74 Å². The summed E-state index contributed by atoms with van der Waals surface area (Å²) < 4.78 is 5.31. The Hall–Kier alpha value is -2.60. The average molecular weight is 397 g/mol. The summed E-state index contributed by atoms with van der Waals surface area (Å²) in [4.78, 5) is 21.8. The molecule has 0 aliphatic carbocycles. The third-order valence-corrected chi connectivity index (χ3v) is 5.25. The highest BCUT2D eigenvalue weighted by molar-refractivity contribution is 5.98. The topological polar surface area (TPSA) is 57.7 Å². The van der Waals surface area contributed by atoms with E-state index in [1.807, 2.05) is 29.2 Å². The van der Waals surface area contributed by atoms with E-state index in [0.29, 0.717) is 17.3 Å². The quantitative estimate of drug-likeness (QED) is 0.740. The molecule has 3 rings (SSSR count). The molecule has 29 heavy (non-hydrogen) atoms. The number of carbonyl (C=O) groups is 1. The fraction of sp³-hybridized carbons (Fsp3) is 0.478. The minimum atomic E-state index is 0.0613. The number of nitrogens with one attached hydrogen (secondary N) is 1. The Morgan fingerprint density at radius 1 is 1.17 bits per heavy atom. The van der Waals surface area contributed by atoms with Crippen molar-refractivity contribution in [2.45, 2.75) is 26.8 Å². The summed E-state index contributed by atoms with van der Waals surface area (Å²) in [6.07, 6.45) is 2.79. The van der Waals surface area contributed by atoms with Crippen LogP contribution in [0.2, 0.25) is 0 Å². The van der Waals surface area contributed by atoms with Crippen LogP contribution in [0, 0.1) is 5.92 Å². The molecule has 1 amide bonds. The minimum Gasteiger partial charge on any atom is -0.497 e. The monoisotopic (exact) mass is 396 g/mol. The predicted octanol–water partition coefficient (Wildman–Crippen LogP) is 3.51. The molecular formula is C23H32N4O2. The summed E-state index contributed by atoms with van der Waals surface area (Å²) in [5, 5.41) is 3.34. The van der Waals surface area contributed by atoms with E-state index < -0.39 is 0 Å². The number of piperazine rings is 1. The highest BCUT2D eigenvalue weighted by Crippen LogP contribution is 2.18. The Labute approximate surface area is 173 Å². The van der Waals surface area contributed by atoms with Gasteiger partial charge < -0.3 is 15.0 Å². The van der Waals surface area contributed by atoms with Gasteiger partial charge in [0.05, 0.1) is 12.7 Å². The molecule has 1 fully saturated rings. The molecule has 156 valence electrons. The Bertz CT molecular complexity index is 801. The van der Waals surface area contributed by atoms with Crippen LogP contribution in [0.5, 0.6) is 5.75 Å². The maximum Gasteiger partial charge on any atom is 0.257 e. The fourth-order valence-electron chi connectivity index (χ4n) is 3.51. The molecule has 0 spiro atoms. The van der Waals surface area contributed by atoms with Gasteiger partial charge in [-0.25, -0.2) is 4.98 Å². The van der Waals surface area contributed by atoms with Crippen LogP contribution < -0.4 is 10.1 Å². The molecule has 0 unspecified atom stereocenters. The third-order valence-electron chi connectivity index (χ3n) is 5.25. The summed E-state index contributed by atoms with van der Waals surface area (Å²) in [5.41, 5.74) is 1.89. The van der Waals surface area contributed by atoms with Gasteiger partial charge in [-0.2, -0.15) is 0 Å². The molecule has 0 atom stereocenters. The summed E-state index contributed by atoms with van der Waals surface area (Å²) in [6, 6.07) is 11.9. The number of nitrogens with zero attached hydrogens (tertiary/aromatic N) is 3. The SMILES string of the molecule is COc1cccc(CN2CCN(C(=O)c3cccnc3NCCC(C)C)CC2)c1. The summed E-state index contributed by atoms with van der Waals surface area (Å²) in [7, 11) is 1.69. The summed E-state index contributed by atoms with van der Waals surface area (Å²) in [5.74, 6) is 2.25. The van der Waals surface area contributed by atoms with E-state index in [-0.39, 0.29) is 5.91 Å². The van der Waals surface area contributed by atoms with Gasteiger partial charge in [-0.15, -0.1) is 0 Å². The number of carbonyl (C=O) groups excluding carboxylic acids is 1. The predicted molar refractivity (Wildman–Crippen MR) is 116 cm³/mol. The van der Waals surface area contributed by atoms with Crippen molar-refractivity contribution in [1.82, 2.24) is 14.8 Å². The minimum absolute atomic E-state index is 0.0613. The third kappa shape index (κ3) is 5.94.